The second-order valence-electron chi connectivity index (χ2n) is 4.11. The molecule has 0 saturated heterocycles. The third kappa shape index (κ3) is 2.53. The summed E-state index contributed by atoms with van der Waals surface area (Å²) in [5.41, 5.74) is 2.00. The van der Waals surface area contributed by atoms with E-state index in [0.717, 1.165) is 16.9 Å². The predicted octanol–water partition coefficient (Wildman–Crippen LogP) is 2.71. The van der Waals surface area contributed by atoms with Gasteiger partial charge in [-0.2, -0.15) is 0 Å². The molecular formula is C12H15ClN2OS. The molecule has 3 nitrogen and oxygen atoms in total. The summed E-state index contributed by atoms with van der Waals surface area (Å²) in [6.07, 6.45) is 1.72. The van der Waals surface area contributed by atoms with E-state index in [2.05, 4.69) is 9.55 Å². The van der Waals surface area contributed by atoms with Crippen molar-refractivity contribution in [1.82, 2.24) is 9.55 Å². The molecule has 5 heteroatoms. The molecule has 0 radical (unpaired) electrons. The van der Waals surface area contributed by atoms with Crippen LogP contribution in [0, 0.1) is 0 Å². The number of halogens is 1. The summed E-state index contributed by atoms with van der Waals surface area (Å²) < 4.78 is 13.4. The van der Waals surface area contributed by atoms with Crippen LogP contribution in [-0.4, -0.2) is 25.8 Å². The molecule has 0 aliphatic carbocycles. The Morgan fingerprint density at radius 1 is 1.47 bits per heavy atom. The van der Waals surface area contributed by atoms with E-state index < -0.39 is 10.8 Å². The zero-order valence-electron chi connectivity index (χ0n) is 9.89. The molecule has 0 N–H and O–H groups in total. The highest BCUT2D eigenvalue weighted by molar-refractivity contribution is 7.84. The molecule has 2 unspecified atom stereocenters. The fourth-order valence-corrected chi connectivity index (χ4v) is 3.11. The SMILES string of the molecule is CC(CS(C)=O)n1c(CCl)nc2ccccc21. The number of hydrogen-bond acceptors (Lipinski definition) is 2. The smallest absolute Gasteiger partial charge is 0.125 e. The van der Waals surface area contributed by atoms with Gasteiger partial charge in [0.05, 0.1) is 16.9 Å². The van der Waals surface area contributed by atoms with Crippen LogP contribution in [0.1, 0.15) is 18.8 Å². The Labute approximate surface area is 108 Å². The molecule has 2 atom stereocenters. The third-order valence-corrected chi connectivity index (χ3v) is 3.90. The molecule has 0 aliphatic rings. The average Bonchev–Trinajstić information content (AvgIpc) is 2.66. The van der Waals surface area contributed by atoms with Crippen molar-refractivity contribution in [3.8, 4) is 0 Å². The lowest BCUT2D eigenvalue weighted by Gasteiger charge is -2.15. The normalized spacial score (nSPS) is 15.0. The molecule has 0 bridgehead atoms. The van der Waals surface area contributed by atoms with Crippen molar-refractivity contribution in [2.75, 3.05) is 12.0 Å². The summed E-state index contributed by atoms with van der Waals surface area (Å²) in [5.74, 6) is 1.82. The van der Waals surface area contributed by atoms with Gasteiger partial charge >= 0.3 is 0 Å². The van der Waals surface area contributed by atoms with Gasteiger partial charge in [-0.3, -0.25) is 4.21 Å². The highest BCUT2D eigenvalue weighted by atomic mass is 35.5. The minimum absolute atomic E-state index is 0.141. The third-order valence-electron chi connectivity index (χ3n) is 2.71. The van der Waals surface area contributed by atoms with Gasteiger partial charge in [0.1, 0.15) is 5.82 Å². The number of hydrogen-bond donors (Lipinski definition) is 0. The standard InChI is InChI=1S/C12H15ClN2OS/c1-9(8-17(2)16)15-11-6-4-3-5-10(11)14-12(15)7-13/h3-6,9H,7-8H2,1-2H3. The van der Waals surface area contributed by atoms with E-state index in [1.165, 1.54) is 0 Å². The molecule has 2 rings (SSSR count). The minimum Gasteiger partial charge on any atom is -0.323 e. The fourth-order valence-electron chi connectivity index (χ4n) is 2.09. The van der Waals surface area contributed by atoms with Gasteiger partial charge in [0.2, 0.25) is 0 Å². The van der Waals surface area contributed by atoms with Crippen LogP contribution in [0.4, 0.5) is 0 Å². The second-order valence-corrected chi connectivity index (χ2v) is 5.86. The van der Waals surface area contributed by atoms with Gasteiger partial charge < -0.3 is 4.57 Å². The molecule has 1 aromatic heterocycles. The largest absolute Gasteiger partial charge is 0.323 e. The minimum atomic E-state index is -0.825. The van der Waals surface area contributed by atoms with E-state index in [-0.39, 0.29) is 6.04 Å². The molecule has 0 saturated carbocycles. The van der Waals surface area contributed by atoms with Crippen LogP contribution >= 0.6 is 11.6 Å². The number of aromatic nitrogens is 2. The Bertz CT molecular complexity index is 552. The fraction of sp³-hybridized carbons (Fsp3) is 0.417. The summed E-state index contributed by atoms with van der Waals surface area (Å²) >= 11 is 5.92. The van der Waals surface area contributed by atoms with E-state index in [1.807, 2.05) is 31.2 Å². The van der Waals surface area contributed by atoms with Crippen LogP contribution in [0.2, 0.25) is 0 Å². The van der Waals surface area contributed by atoms with E-state index in [0.29, 0.717) is 11.6 Å². The number of rotatable bonds is 4. The predicted molar refractivity (Wildman–Crippen MR) is 72.9 cm³/mol. The summed E-state index contributed by atoms with van der Waals surface area (Å²) in [4.78, 5) is 4.49. The summed E-state index contributed by atoms with van der Waals surface area (Å²) in [7, 11) is -0.825. The Kier molecular flexibility index (Phi) is 3.84. The summed E-state index contributed by atoms with van der Waals surface area (Å²) in [5, 5.41) is 0. The van der Waals surface area contributed by atoms with Crippen LogP contribution < -0.4 is 0 Å². The van der Waals surface area contributed by atoms with Crippen molar-refractivity contribution >= 4 is 33.4 Å². The molecule has 0 spiro atoms. The van der Waals surface area contributed by atoms with Crippen LogP contribution in [0.3, 0.4) is 0 Å². The van der Waals surface area contributed by atoms with Gasteiger partial charge in [0.25, 0.3) is 0 Å². The topological polar surface area (TPSA) is 34.9 Å². The van der Waals surface area contributed by atoms with Crippen molar-refractivity contribution in [1.29, 1.82) is 0 Å². The highest BCUT2D eigenvalue weighted by Gasteiger charge is 2.15. The van der Waals surface area contributed by atoms with Gasteiger partial charge in [-0.05, 0) is 19.1 Å². The molecule has 2 aromatic rings. The van der Waals surface area contributed by atoms with Crippen molar-refractivity contribution < 1.29 is 4.21 Å². The lowest BCUT2D eigenvalue weighted by atomic mass is 10.3. The van der Waals surface area contributed by atoms with Gasteiger partial charge in [0.15, 0.2) is 0 Å². The van der Waals surface area contributed by atoms with E-state index in [9.17, 15) is 4.21 Å². The molecule has 1 aromatic carbocycles. The summed E-state index contributed by atoms with van der Waals surface area (Å²) in [6, 6.07) is 8.07. The first-order chi connectivity index (χ1) is 8.13. The first-order valence-electron chi connectivity index (χ1n) is 5.45. The molecule has 92 valence electrons. The van der Waals surface area contributed by atoms with Crippen LogP contribution in [0.25, 0.3) is 11.0 Å². The molecule has 17 heavy (non-hydrogen) atoms. The zero-order valence-corrected chi connectivity index (χ0v) is 11.5. The number of imidazole rings is 1. The second kappa shape index (κ2) is 5.19. The van der Waals surface area contributed by atoms with Crippen LogP contribution in [0.15, 0.2) is 24.3 Å². The maximum absolute atomic E-state index is 11.3. The number of fused-ring (bicyclic) bond motifs is 1. The van der Waals surface area contributed by atoms with E-state index in [1.54, 1.807) is 6.26 Å². The molecule has 1 heterocycles. The van der Waals surface area contributed by atoms with Crippen molar-refractivity contribution in [3.05, 3.63) is 30.1 Å². The molecule has 0 fully saturated rings. The number of para-hydroxylation sites is 2. The Hall–Kier alpha value is -0.870. The monoisotopic (exact) mass is 270 g/mol. The first-order valence-corrected chi connectivity index (χ1v) is 7.71. The van der Waals surface area contributed by atoms with Crippen molar-refractivity contribution in [2.45, 2.75) is 18.8 Å². The lowest BCUT2D eigenvalue weighted by molar-refractivity contribution is 0.594. The van der Waals surface area contributed by atoms with E-state index >= 15 is 0 Å². The molecule has 0 aliphatic heterocycles. The number of alkyl halides is 1. The van der Waals surface area contributed by atoms with Gasteiger partial charge in [-0.1, -0.05) is 12.1 Å². The Morgan fingerprint density at radius 3 is 2.82 bits per heavy atom. The van der Waals surface area contributed by atoms with Crippen LogP contribution in [0.5, 0.6) is 0 Å². The number of benzene rings is 1. The molecule has 0 amide bonds. The van der Waals surface area contributed by atoms with Crippen LogP contribution in [-0.2, 0) is 16.7 Å². The van der Waals surface area contributed by atoms with Gasteiger partial charge in [-0.15, -0.1) is 11.6 Å². The maximum Gasteiger partial charge on any atom is 0.125 e. The Morgan fingerprint density at radius 2 is 2.18 bits per heavy atom. The lowest BCUT2D eigenvalue weighted by Crippen LogP contribution is -2.15. The van der Waals surface area contributed by atoms with Gasteiger partial charge in [0, 0.05) is 28.9 Å². The Balaban J connectivity index is 2.53. The zero-order chi connectivity index (χ0) is 12.4. The van der Waals surface area contributed by atoms with Gasteiger partial charge in [-0.25, -0.2) is 4.98 Å². The molecular weight excluding hydrogens is 256 g/mol. The quantitative estimate of drug-likeness (QED) is 0.801. The van der Waals surface area contributed by atoms with Crippen molar-refractivity contribution in [3.63, 3.8) is 0 Å². The highest BCUT2D eigenvalue weighted by Crippen LogP contribution is 2.22. The van der Waals surface area contributed by atoms with E-state index in [4.69, 9.17) is 11.6 Å². The maximum atomic E-state index is 11.3. The number of nitrogens with zero attached hydrogens (tertiary/aromatic N) is 2. The van der Waals surface area contributed by atoms with Crippen molar-refractivity contribution in [2.24, 2.45) is 0 Å². The summed E-state index contributed by atoms with van der Waals surface area (Å²) in [6.45, 7) is 2.05. The average molecular weight is 271 g/mol. The first kappa shape index (κ1) is 12.6.